The lowest BCUT2D eigenvalue weighted by atomic mass is 9.88. The molecule has 0 radical (unpaired) electrons. The molecule has 6 heteroatoms. The maximum absolute atomic E-state index is 13.2. The lowest BCUT2D eigenvalue weighted by molar-refractivity contribution is -0.138. The number of methoxy groups -OCH3 is 1. The van der Waals surface area contributed by atoms with Gasteiger partial charge in [-0.1, -0.05) is 30.3 Å². The minimum absolute atomic E-state index is 0.0443. The highest BCUT2D eigenvalue weighted by molar-refractivity contribution is 5.84. The number of piperazine rings is 1. The van der Waals surface area contributed by atoms with E-state index in [1.165, 1.54) is 7.11 Å². The fourth-order valence-corrected chi connectivity index (χ4v) is 3.77. The first kappa shape index (κ1) is 17.9. The third-order valence-corrected chi connectivity index (χ3v) is 5.30. The van der Waals surface area contributed by atoms with E-state index in [0.717, 1.165) is 31.7 Å². The van der Waals surface area contributed by atoms with Crippen LogP contribution in [0.1, 0.15) is 11.5 Å². The van der Waals surface area contributed by atoms with Crippen LogP contribution in [0.5, 0.6) is 0 Å². The van der Waals surface area contributed by atoms with Crippen LogP contribution in [0.3, 0.4) is 0 Å². The SMILES string of the molecule is COCC(=O)N1C[C@@H](C(=O)N2CCN(C)CC2)[C@H](c2ccccc2)C1. The second-order valence-corrected chi connectivity index (χ2v) is 6.98. The van der Waals surface area contributed by atoms with Gasteiger partial charge in [0.15, 0.2) is 0 Å². The van der Waals surface area contributed by atoms with Crippen molar-refractivity contribution < 1.29 is 14.3 Å². The minimum atomic E-state index is -0.174. The average Bonchev–Trinajstić information content (AvgIpc) is 3.08. The molecule has 6 nitrogen and oxygen atoms in total. The fraction of sp³-hybridized carbons (Fsp3) is 0.579. The smallest absolute Gasteiger partial charge is 0.248 e. The lowest BCUT2D eigenvalue weighted by Crippen LogP contribution is -2.50. The van der Waals surface area contributed by atoms with E-state index in [-0.39, 0.29) is 30.3 Å². The number of hydrogen-bond acceptors (Lipinski definition) is 4. The van der Waals surface area contributed by atoms with Crippen molar-refractivity contribution in [2.45, 2.75) is 5.92 Å². The maximum atomic E-state index is 13.2. The van der Waals surface area contributed by atoms with Crippen LogP contribution < -0.4 is 0 Å². The van der Waals surface area contributed by atoms with Gasteiger partial charge in [-0.15, -0.1) is 0 Å². The van der Waals surface area contributed by atoms with Gasteiger partial charge >= 0.3 is 0 Å². The summed E-state index contributed by atoms with van der Waals surface area (Å²) in [4.78, 5) is 31.4. The van der Waals surface area contributed by atoms with E-state index in [1.807, 2.05) is 23.1 Å². The van der Waals surface area contributed by atoms with Gasteiger partial charge in [0.25, 0.3) is 0 Å². The second kappa shape index (κ2) is 7.97. The minimum Gasteiger partial charge on any atom is -0.375 e. The summed E-state index contributed by atoms with van der Waals surface area (Å²) >= 11 is 0. The predicted molar refractivity (Wildman–Crippen MR) is 95.2 cm³/mol. The average molecular weight is 345 g/mol. The molecule has 0 unspecified atom stereocenters. The number of benzene rings is 1. The fourth-order valence-electron chi connectivity index (χ4n) is 3.77. The Bertz CT molecular complexity index is 599. The molecule has 0 aliphatic carbocycles. The summed E-state index contributed by atoms with van der Waals surface area (Å²) in [7, 11) is 3.60. The Labute approximate surface area is 149 Å². The summed E-state index contributed by atoms with van der Waals surface area (Å²) in [5.41, 5.74) is 1.13. The van der Waals surface area contributed by atoms with Gasteiger partial charge in [0, 0.05) is 52.3 Å². The van der Waals surface area contributed by atoms with E-state index >= 15 is 0 Å². The molecule has 2 amide bonds. The lowest BCUT2D eigenvalue weighted by Gasteiger charge is -2.35. The Morgan fingerprint density at radius 3 is 2.36 bits per heavy atom. The van der Waals surface area contributed by atoms with Crippen molar-refractivity contribution in [3.8, 4) is 0 Å². The molecule has 0 bridgehead atoms. The largest absolute Gasteiger partial charge is 0.375 e. The maximum Gasteiger partial charge on any atom is 0.248 e. The standard InChI is InChI=1S/C19H27N3O3/c1-20-8-10-21(11-9-20)19(24)17-13-22(18(23)14-25-2)12-16(17)15-6-4-3-5-7-15/h3-7,16-17H,8-14H2,1-2H3/t16-,17+/m0/s1. The summed E-state index contributed by atoms with van der Waals surface area (Å²) in [5.74, 6) is 0.00699. The number of amides is 2. The summed E-state index contributed by atoms with van der Waals surface area (Å²) in [6, 6.07) is 10.1. The van der Waals surface area contributed by atoms with Gasteiger partial charge in [-0.3, -0.25) is 9.59 Å². The molecule has 1 aromatic carbocycles. The molecule has 2 saturated heterocycles. The zero-order chi connectivity index (χ0) is 17.8. The molecule has 136 valence electrons. The predicted octanol–water partition coefficient (Wildman–Crippen LogP) is 0.649. The van der Waals surface area contributed by atoms with E-state index < -0.39 is 0 Å². The molecule has 2 atom stereocenters. The van der Waals surface area contributed by atoms with Crippen LogP contribution in [0.4, 0.5) is 0 Å². The van der Waals surface area contributed by atoms with Crippen molar-refractivity contribution in [3.63, 3.8) is 0 Å². The first-order valence-electron chi connectivity index (χ1n) is 8.89. The van der Waals surface area contributed by atoms with E-state index in [4.69, 9.17) is 4.74 Å². The molecular weight excluding hydrogens is 318 g/mol. The van der Waals surface area contributed by atoms with Crippen LogP contribution in [0.25, 0.3) is 0 Å². The number of rotatable bonds is 4. The molecule has 0 N–H and O–H groups in total. The van der Waals surface area contributed by atoms with Gasteiger partial charge < -0.3 is 19.4 Å². The molecule has 2 aliphatic heterocycles. The van der Waals surface area contributed by atoms with Crippen molar-refractivity contribution in [1.82, 2.24) is 14.7 Å². The second-order valence-electron chi connectivity index (χ2n) is 6.98. The van der Waals surface area contributed by atoms with Gasteiger partial charge in [0.2, 0.25) is 11.8 Å². The first-order valence-corrected chi connectivity index (χ1v) is 8.89. The highest BCUT2D eigenvalue weighted by Gasteiger charge is 2.42. The van der Waals surface area contributed by atoms with Crippen molar-refractivity contribution in [2.24, 2.45) is 5.92 Å². The summed E-state index contributed by atoms with van der Waals surface area (Å²) in [6.07, 6.45) is 0. The number of ether oxygens (including phenoxy) is 1. The zero-order valence-corrected chi connectivity index (χ0v) is 15.1. The van der Waals surface area contributed by atoms with Crippen molar-refractivity contribution in [3.05, 3.63) is 35.9 Å². The quantitative estimate of drug-likeness (QED) is 0.804. The van der Waals surface area contributed by atoms with Crippen LogP contribution in [0.2, 0.25) is 0 Å². The monoisotopic (exact) mass is 345 g/mol. The summed E-state index contributed by atoms with van der Waals surface area (Å²) in [6.45, 7) is 4.46. The molecule has 2 fully saturated rings. The Morgan fingerprint density at radius 1 is 1.04 bits per heavy atom. The van der Waals surface area contributed by atoms with Gasteiger partial charge in [-0.2, -0.15) is 0 Å². The number of hydrogen-bond donors (Lipinski definition) is 0. The number of nitrogens with zero attached hydrogens (tertiary/aromatic N) is 3. The van der Waals surface area contributed by atoms with E-state index in [2.05, 4.69) is 24.1 Å². The topological polar surface area (TPSA) is 53.1 Å². The van der Waals surface area contributed by atoms with Crippen molar-refractivity contribution in [2.75, 3.05) is 60.0 Å². The number of carbonyl (C=O) groups excluding carboxylic acids is 2. The van der Waals surface area contributed by atoms with Gasteiger partial charge in [-0.25, -0.2) is 0 Å². The van der Waals surface area contributed by atoms with Crippen LogP contribution in [-0.2, 0) is 14.3 Å². The summed E-state index contributed by atoms with van der Waals surface area (Å²) in [5, 5.41) is 0. The Kier molecular flexibility index (Phi) is 5.71. The highest BCUT2D eigenvalue weighted by atomic mass is 16.5. The van der Waals surface area contributed by atoms with Crippen molar-refractivity contribution >= 4 is 11.8 Å². The third kappa shape index (κ3) is 4.02. The Balaban J connectivity index is 1.78. The van der Waals surface area contributed by atoms with Crippen LogP contribution in [0, 0.1) is 5.92 Å². The molecule has 0 spiro atoms. The van der Waals surface area contributed by atoms with Crippen molar-refractivity contribution in [1.29, 1.82) is 0 Å². The summed E-state index contributed by atoms with van der Waals surface area (Å²) < 4.78 is 4.99. The number of carbonyl (C=O) groups is 2. The van der Waals surface area contributed by atoms with E-state index in [1.54, 1.807) is 4.90 Å². The van der Waals surface area contributed by atoms with E-state index in [0.29, 0.717) is 13.1 Å². The molecule has 1 aromatic rings. The molecule has 2 heterocycles. The molecule has 0 aromatic heterocycles. The molecular formula is C19H27N3O3. The van der Waals surface area contributed by atoms with Crippen LogP contribution in [-0.4, -0.2) is 86.5 Å². The molecule has 25 heavy (non-hydrogen) atoms. The third-order valence-electron chi connectivity index (χ3n) is 5.30. The van der Waals surface area contributed by atoms with Gasteiger partial charge in [0.05, 0.1) is 5.92 Å². The van der Waals surface area contributed by atoms with Crippen LogP contribution >= 0.6 is 0 Å². The normalized spacial score (nSPS) is 24.6. The van der Waals surface area contributed by atoms with Crippen LogP contribution in [0.15, 0.2) is 30.3 Å². The Morgan fingerprint density at radius 2 is 1.72 bits per heavy atom. The van der Waals surface area contributed by atoms with Gasteiger partial charge in [0.1, 0.15) is 6.61 Å². The first-order chi connectivity index (χ1) is 12.1. The number of likely N-dealkylation sites (N-methyl/N-ethyl adjacent to an activating group) is 1. The molecule has 2 aliphatic rings. The Hall–Kier alpha value is -1.92. The van der Waals surface area contributed by atoms with Gasteiger partial charge in [-0.05, 0) is 12.6 Å². The zero-order valence-electron chi connectivity index (χ0n) is 15.1. The molecule has 0 saturated carbocycles. The number of likely N-dealkylation sites (tertiary alicyclic amines) is 1. The molecule has 3 rings (SSSR count). The highest BCUT2D eigenvalue weighted by Crippen LogP contribution is 2.34. The van der Waals surface area contributed by atoms with E-state index in [9.17, 15) is 9.59 Å².